The van der Waals surface area contributed by atoms with Gasteiger partial charge >= 0.3 is 0 Å². The average Bonchev–Trinajstić information content (AvgIpc) is 3.51. The normalized spacial score (nSPS) is 11.8. The van der Waals surface area contributed by atoms with E-state index in [9.17, 15) is 0 Å². The summed E-state index contributed by atoms with van der Waals surface area (Å²) >= 11 is 0. The molecule has 0 amide bonds. The fourth-order valence-corrected chi connectivity index (χ4v) is 5.38. The number of aromatic nitrogens is 6. The first kappa shape index (κ1) is 20.8. The van der Waals surface area contributed by atoms with Crippen molar-refractivity contribution in [3.8, 4) is 17.4 Å². The molecule has 0 fully saturated rings. The summed E-state index contributed by atoms with van der Waals surface area (Å²) in [7, 11) is 0. The number of hydrogen-bond donors (Lipinski definition) is 0. The van der Waals surface area contributed by atoms with E-state index in [1.54, 1.807) is 6.20 Å². The Morgan fingerprint density at radius 2 is 1.47 bits per heavy atom. The molecule has 6 aromatic heterocycles. The lowest BCUT2D eigenvalue weighted by Crippen LogP contribution is -1.98. The van der Waals surface area contributed by atoms with Crippen LogP contribution in [-0.2, 0) is 0 Å². The summed E-state index contributed by atoms with van der Waals surface area (Å²) in [6.45, 7) is 1.98. The van der Waals surface area contributed by atoms with Crippen molar-refractivity contribution in [3.05, 3.63) is 109 Å². The molecule has 0 bridgehead atoms. The van der Waals surface area contributed by atoms with E-state index in [-0.39, 0.29) is 0 Å². The van der Waals surface area contributed by atoms with Crippen LogP contribution < -0.4 is 4.74 Å². The van der Waals surface area contributed by atoms with Gasteiger partial charge in [0.1, 0.15) is 17.1 Å². The Kier molecular flexibility index (Phi) is 4.31. The van der Waals surface area contributed by atoms with E-state index in [1.807, 2.05) is 72.2 Å². The van der Waals surface area contributed by atoms with Gasteiger partial charge in [-0.05, 0) is 61.5 Å². The lowest BCUT2D eigenvalue weighted by atomic mass is 10.1. The van der Waals surface area contributed by atoms with Crippen LogP contribution in [0.1, 0.15) is 5.69 Å². The van der Waals surface area contributed by atoms with Gasteiger partial charge < -0.3 is 4.74 Å². The molecule has 7 heteroatoms. The summed E-state index contributed by atoms with van der Waals surface area (Å²) in [5, 5.41) is 8.98. The third-order valence-electron chi connectivity index (χ3n) is 6.97. The van der Waals surface area contributed by atoms with E-state index in [4.69, 9.17) is 9.72 Å². The predicted molar refractivity (Wildman–Crippen MR) is 149 cm³/mol. The van der Waals surface area contributed by atoms with Gasteiger partial charge in [0.05, 0.1) is 22.2 Å². The molecule has 0 radical (unpaired) electrons. The van der Waals surface area contributed by atoms with Gasteiger partial charge in [0.2, 0.25) is 5.88 Å². The minimum absolute atomic E-state index is 0.515. The molecule has 0 saturated heterocycles. The van der Waals surface area contributed by atoms with E-state index < -0.39 is 0 Å². The van der Waals surface area contributed by atoms with Crippen LogP contribution in [0, 0.1) is 6.92 Å². The van der Waals surface area contributed by atoms with Gasteiger partial charge in [-0.2, -0.15) is 5.10 Å². The molecular formula is C31H20N6O. The molecule has 180 valence electrons. The number of nitrogens with zero attached hydrogens (tertiary/aromatic N) is 6. The van der Waals surface area contributed by atoms with Crippen molar-refractivity contribution in [1.29, 1.82) is 0 Å². The van der Waals surface area contributed by atoms with E-state index in [1.165, 1.54) is 5.39 Å². The molecule has 0 spiro atoms. The Bertz CT molecular complexity index is 2180. The zero-order valence-corrected chi connectivity index (χ0v) is 20.4. The number of aryl methyl sites for hydroxylation is 1. The molecule has 0 aliphatic carbocycles. The average molecular weight is 493 g/mol. The Hall–Kier alpha value is -5.30. The van der Waals surface area contributed by atoms with Crippen LogP contribution in [0.25, 0.3) is 55.1 Å². The maximum absolute atomic E-state index is 6.36. The number of hydrogen-bond acceptors (Lipinski definition) is 5. The highest BCUT2D eigenvalue weighted by Gasteiger charge is 2.16. The lowest BCUT2D eigenvalue weighted by Gasteiger charge is -2.10. The molecule has 8 aromatic rings. The smallest absolute Gasteiger partial charge is 0.219 e. The van der Waals surface area contributed by atoms with Gasteiger partial charge in [-0.3, -0.25) is 4.57 Å². The third kappa shape index (κ3) is 3.02. The molecular weight excluding hydrogens is 472 g/mol. The number of ether oxygens (including phenoxy) is 1. The number of pyridine rings is 4. The Morgan fingerprint density at radius 3 is 2.39 bits per heavy atom. The summed E-state index contributed by atoms with van der Waals surface area (Å²) in [5.74, 6) is 2.08. The van der Waals surface area contributed by atoms with Crippen molar-refractivity contribution in [2.75, 3.05) is 0 Å². The van der Waals surface area contributed by atoms with Crippen LogP contribution in [0.2, 0.25) is 0 Å². The first-order valence-electron chi connectivity index (χ1n) is 12.4. The number of fused-ring (bicyclic) bond motifs is 9. The third-order valence-corrected chi connectivity index (χ3v) is 6.97. The molecule has 0 aliphatic rings. The molecule has 6 heterocycles. The van der Waals surface area contributed by atoms with Crippen LogP contribution >= 0.6 is 0 Å². The van der Waals surface area contributed by atoms with Crippen molar-refractivity contribution < 1.29 is 4.74 Å². The minimum atomic E-state index is 0.515. The monoisotopic (exact) mass is 492 g/mol. The van der Waals surface area contributed by atoms with Gasteiger partial charge in [0.15, 0.2) is 5.65 Å². The summed E-state index contributed by atoms with van der Waals surface area (Å²) < 4.78 is 10.4. The van der Waals surface area contributed by atoms with Gasteiger partial charge in [-0.25, -0.2) is 19.5 Å². The van der Waals surface area contributed by atoms with E-state index in [0.29, 0.717) is 11.6 Å². The summed E-state index contributed by atoms with van der Waals surface area (Å²) in [6.07, 6.45) is 3.60. The van der Waals surface area contributed by atoms with Crippen molar-refractivity contribution in [1.82, 2.24) is 29.1 Å². The summed E-state index contributed by atoms with van der Waals surface area (Å²) in [4.78, 5) is 14.1. The van der Waals surface area contributed by atoms with Crippen molar-refractivity contribution in [2.45, 2.75) is 6.92 Å². The molecule has 0 saturated carbocycles. The Labute approximate surface area is 216 Å². The summed E-state index contributed by atoms with van der Waals surface area (Å²) in [6, 6.07) is 30.4. The second-order valence-electron chi connectivity index (χ2n) is 9.32. The highest BCUT2D eigenvalue weighted by molar-refractivity contribution is 6.10. The fraction of sp³-hybridized carbons (Fsp3) is 0.0323. The highest BCUT2D eigenvalue weighted by Crippen LogP contribution is 2.35. The zero-order chi connectivity index (χ0) is 25.2. The number of benzene rings is 2. The maximum atomic E-state index is 6.36. The van der Waals surface area contributed by atoms with Crippen molar-refractivity contribution in [2.24, 2.45) is 0 Å². The molecule has 38 heavy (non-hydrogen) atoms. The molecule has 0 N–H and O–H groups in total. The fourth-order valence-electron chi connectivity index (χ4n) is 5.38. The van der Waals surface area contributed by atoms with Crippen LogP contribution in [0.5, 0.6) is 11.6 Å². The van der Waals surface area contributed by atoms with Crippen molar-refractivity contribution >= 4 is 49.3 Å². The number of rotatable bonds is 3. The summed E-state index contributed by atoms with van der Waals surface area (Å²) in [5.41, 5.74) is 5.57. The van der Waals surface area contributed by atoms with E-state index in [2.05, 4.69) is 56.0 Å². The van der Waals surface area contributed by atoms with E-state index >= 15 is 0 Å². The SMILES string of the molecule is Cc1cc2c3nc(Oc4ccc5c6ccccc6n(-c6ccccn6)c5c4)ccc3c3cccnc3n2n1. The number of para-hydroxylation sites is 1. The zero-order valence-electron chi connectivity index (χ0n) is 20.4. The standard InChI is InChI=1S/C31H20N6O/c1-19-17-27-30-23(24-8-6-16-33-31(24)37(27)35-19)13-14-29(34-30)38-20-11-12-22-21-7-2-3-9-25(21)36(26(22)18-20)28-10-4-5-15-32-28/h2-18H,1H3. The molecule has 2 aromatic carbocycles. The minimum Gasteiger partial charge on any atom is -0.439 e. The molecule has 0 atom stereocenters. The quantitative estimate of drug-likeness (QED) is 0.248. The Balaban J connectivity index is 1.31. The van der Waals surface area contributed by atoms with Crippen LogP contribution in [0.4, 0.5) is 0 Å². The topological polar surface area (TPSA) is 70.1 Å². The van der Waals surface area contributed by atoms with Crippen LogP contribution in [-0.4, -0.2) is 29.1 Å². The van der Waals surface area contributed by atoms with E-state index in [0.717, 1.165) is 55.4 Å². The van der Waals surface area contributed by atoms with Crippen LogP contribution in [0.3, 0.4) is 0 Å². The Morgan fingerprint density at radius 1 is 0.658 bits per heavy atom. The van der Waals surface area contributed by atoms with Gasteiger partial charge in [0, 0.05) is 46.1 Å². The molecule has 8 rings (SSSR count). The van der Waals surface area contributed by atoms with Crippen LogP contribution in [0.15, 0.2) is 103 Å². The largest absolute Gasteiger partial charge is 0.439 e. The first-order valence-corrected chi connectivity index (χ1v) is 12.4. The lowest BCUT2D eigenvalue weighted by molar-refractivity contribution is 0.466. The molecule has 7 nitrogen and oxygen atoms in total. The molecule has 0 aliphatic heterocycles. The van der Waals surface area contributed by atoms with Gasteiger partial charge in [-0.1, -0.05) is 24.3 Å². The van der Waals surface area contributed by atoms with Gasteiger partial charge in [0.25, 0.3) is 0 Å². The second kappa shape index (κ2) is 7.85. The van der Waals surface area contributed by atoms with Crippen molar-refractivity contribution in [3.63, 3.8) is 0 Å². The predicted octanol–water partition coefficient (Wildman–Crippen LogP) is 7.02. The first-order chi connectivity index (χ1) is 18.7. The molecule has 0 unspecified atom stereocenters. The van der Waals surface area contributed by atoms with Gasteiger partial charge in [-0.15, -0.1) is 0 Å². The maximum Gasteiger partial charge on any atom is 0.219 e. The second-order valence-corrected chi connectivity index (χ2v) is 9.32. The highest BCUT2D eigenvalue weighted by atomic mass is 16.5.